The molecule has 0 bridgehead atoms. The molecular formula is C13H16ClN3O2. The Hall–Kier alpha value is -1.62. The van der Waals surface area contributed by atoms with Gasteiger partial charge >= 0.3 is 0 Å². The number of rotatable bonds is 4. The van der Waals surface area contributed by atoms with Gasteiger partial charge in [-0.25, -0.2) is 4.98 Å². The van der Waals surface area contributed by atoms with Gasteiger partial charge in [-0.1, -0.05) is 30.5 Å². The zero-order valence-electron chi connectivity index (χ0n) is 10.5. The third kappa shape index (κ3) is 3.44. The lowest BCUT2D eigenvalue weighted by Gasteiger charge is -2.27. The maximum Gasteiger partial charge on any atom is 0.273 e. The van der Waals surface area contributed by atoms with E-state index in [1.807, 2.05) is 0 Å². The standard InChI is InChI=1S/C13H16ClN3O2/c14-11-7-3-6-10(16-11)13(19)17(8-12(15)18)9-4-1-2-5-9/h3,6-7,9H,1-2,4-5,8H2,(H2,15,18). The van der Waals surface area contributed by atoms with E-state index in [4.69, 9.17) is 17.3 Å². The summed E-state index contributed by atoms with van der Waals surface area (Å²) >= 11 is 5.79. The number of nitrogens with zero attached hydrogens (tertiary/aromatic N) is 2. The minimum absolute atomic E-state index is 0.0702. The summed E-state index contributed by atoms with van der Waals surface area (Å²) in [6.45, 7) is -0.0717. The van der Waals surface area contributed by atoms with E-state index in [9.17, 15) is 9.59 Å². The summed E-state index contributed by atoms with van der Waals surface area (Å²) in [6, 6.07) is 4.93. The van der Waals surface area contributed by atoms with Crippen LogP contribution < -0.4 is 5.73 Å². The first kappa shape index (κ1) is 13.8. The van der Waals surface area contributed by atoms with Crippen LogP contribution in [0, 0.1) is 0 Å². The van der Waals surface area contributed by atoms with Crippen molar-refractivity contribution in [2.24, 2.45) is 5.73 Å². The average molecular weight is 282 g/mol. The molecule has 0 atom stereocenters. The molecule has 0 spiro atoms. The number of primary amides is 1. The second kappa shape index (κ2) is 6.02. The quantitative estimate of drug-likeness (QED) is 0.852. The van der Waals surface area contributed by atoms with Crippen molar-refractivity contribution in [3.8, 4) is 0 Å². The normalized spacial score (nSPS) is 15.4. The van der Waals surface area contributed by atoms with Crippen molar-refractivity contribution >= 4 is 23.4 Å². The van der Waals surface area contributed by atoms with E-state index in [0.717, 1.165) is 25.7 Å². The van der Waals surface area contributed by atoms with E-state index < -0.39 is 5.91 Å². The van der Waals surface area contributed by atoms with Crippen molar-refractivity contribution < 1.29 is 9.59 Å². The third-order valence-corrected chi connectivity index (χ3v) is 3.50. The van der Waals surface area contributed by atoms with Gasteiger partial charge in [-0.05, 0) is 25.0 Å². The van der Waals surface area contributed by atoms with Crippen molar-refractivity contribution in [1.29, 1.82) is 0 Å². The van der Waals surface area contributed by atoms with Crippen LogP contribution in [0.5, 0.6) is 0 Å². The highest BCUT2D eigenvalue weighted by molar-refractivity contribution is 6.29. The van der Waals surface area contributed by atoms with E-state index in [0.29, 0.717) is 0 Å². The van der Waals surface area contributed by atoms with Crippen LogP contribution in [-0.4, -0.2) is 34.3 Å². The van der Waals surface area contributed by atoms with E-state index >= 15 is 0 Å². The summed E-state index contributed by atoms with van der Waals surface area (Å²) in [5.74, 6) is -0.796. The van der Waals surface area contributed by atoms with Gasteiger partial charge in [-0.15, -0.1) is 0 Å². The molecule has 19 heavy (non-hydrogen) atoms. The Morgan fingerprint density at radius 3 is 2.63 bits per heavy atom. The molecule has 1 aromatic heterocycles. The molecule has 2 N–H and O–H groups in total. The highest BCUT2D eigenvalue weighted by atomic mass is 35.5. The molecule has 2 amide bonds. The van der Waals surface area contributed by atoms with Crippen LogP contribution in [0.1, 0.15) is 36.2 Å². The topological polar surface area (TPSA) is 76.3 Å². The van der Waals surface area contributed by atoms with Crippen LogP contribution >= 0.6 is 11.6 Å². The van der Waals surface area contributed by atoms with Crippen molar-refractivity contribution in [3.05, 3.63) is 29.0 Å². The largest absolute Gasteiger partial charge is 0.368 e. The summed E-state index contributed by atoms with van der Waals surface area (Å²) < 4.78 is 0. The molecule has 1 aliphatic rings. The van der Waals surface area contributed by atoms with Crippen LogP contribution in [0.4, 0.5) is 0 Å². The summed E-state index contributed by atoms with van der Waals surface area (Å²) in [5.41, 5.74) is 5.48. The molecule has 102 valence electrons. The number of pyridine rings is 1. The second-order valence-electron chi connectivity index (χ2n) is 4.68. The smallest absolute Gasteiger partial charge is 0.273 e. The lowest BCUT2D eigenvalue weighted by molar-refractivity contribution is -0.119. The van der Waals surface area contributed by atoms with E-state index in [2.05, 4.69) is 4.98 Å². The molecule has 0 radical (unpaired) electrons. The van der Waals surface area contributed by atoms with Gasteiger partial charge in [-0.2, -0.15) is 0 Å². The van der Waals surface area contributed by atoms with Gasteiger partial charge in [0.05, 0.1) is 6.54 Å². The van der Waals surface area contributed by atoms with Gasteiger partial charge in [0, 0.05) is 6.04 Å². The van der Waals surface area contributed by atoms with Gasteiger partial charge in [0.2, 0.25) is 5.91 Å². The van der Waals surface area contributed by atoms with Crippen LogP contribution in [0.3, 0.4) is 0 Å². The Labute approximate surface area is 116 Å². The molecule has 0 aromatic carbocycles. The minimum atomic E-state index is -0.512. The number of hydrogen-bond donors (Lipinski definition) is 1. The SMILES string of the molecule is NC(=O)CN(C(=O)c1cccc(Cl)n1)C1CCCC1. The predicted molar refractivity (Wildman–Crippen MR) is 71.7 cm³/mol. The molecule has 0 aliphatic heterocycles. The number of halogens is 1. The van der Waals surface area contributed by atoms with E-state index in [1.165, 1.54) is 4.90 Å². The van der Waals surface area contributed by atoms with Gasteiger partial charge < -0.3 is 10.6 Å². The lowest BCUT2D eigenvalue weighted by Crippen LogP contribution is -2.44. The van der Waals surface area contributed by atoms with E-state index in [1.54, 1.807) is 18.2 Å². The lowest BCUT2D eigenvalue weighted by atomic mass is 10.2. The first-order chi connectivity index (χ1) is 9.08. The third-order valence-electron chi connectivity index (χ3n) is 3.29. The first-order valence-electron chi connectivity index (χ1n) is 6.30. The van der Waals surface area contributed by atoms with Crippen LogP contribution in [-0.2, 0) is 4.79 Å². The Bertz CT molecular complexity index is 487. The summed E-state index contributed by atoms with van der Waals surface area (Å²) in [4.78, 5) is 29.1. The zero-order chi connectivity index (χ0) is 13.8. The fourth-order valence-corrected chi connectivity index (χ4v) is 2.59. The van der Waals surface area contributed by atoms with E-state index in [-0.39, 0.29) is 29.3 Å². The first-order valence-corrected chi connectivity index (χ1v) is 6.67. The number of carbonyl (C=O) groups is 2. The molecule has 1 saturated carbocycles. The molecule has 0 saturated heterocycles. The number of amides is 2. The summed E-state index contributed by atoms with van der Waals surface area (Å²) in [6.07, 6.45) is 3.94. The summed E-state index contributed by atoms with van der Waals surface area (Å²) in [5, 5.41) is 0.260. The maximum absolute atomic E-state index is 12.4. The average Bonchev–Trinajstić information content (AvgIpc) is 2.88. The molecule has 1 aromatic rings. The van der Waals surface area contributed by atoms with Crippen LogP contribution in [0.2, 0.25) is 5.15 Å². The van der Waals surface area contributed by atoms with Gasteiger partial charge in [0.15, 0.2) is 0 Å². The zero-order valence-corrected chi connectivity index (χ0v) is 11.3. The molecule has 6 heteroatoms. The highest BCUT2D eigenvalue weighted by Gasteiger charge is 2.29. The number of hydrogen-bond acceptors (Lipinski definition) is 3. The van der Waals surface area contributed by atoms with Gasteiger partial charge in [0.1, 0.15) is 10.8 Å². The molecule has 1 heterocycles. The monoisotopic (exact) mass is 281 g/mol. The number of aromatic nitrogens is 1. The molecule has 1 fully saturated rings. The Kier molecular flexibility index (Phi) is 4.37. The van der Waals surface area contributed by atoms with Crippen LogP contribution in [0.25, 0.3) is 0 Å². The maximum atomic E-state index is 12.4. The Morgan fingerprint density at radius 2 is 2.05 bits per heavy atom. The Morgan fingerprint density at radius 1 is 1.37 bits per heavy atom. The highest BCUT2D eigenvalue weighted by Crippen LogP contribution is 2.24. The molecule has 5 nitrogen and oxygen atoms in total. The van der Waals surface area contributed by atoms with Gasteiger partial charge in [0.25, 0.3) is 5.91 Å². The number of carbonyl (C=O) groups excluding carboxylic acids is 2. The number of nitrogens with two attached hydrogens (primary N) is 1. The summed E-state index contributed by atoms with van der Waals surface area (Å²) in [7, 11) is 0. The van der Waals surface area contributed by atoms with Crippen LogP contribution in [0.15, 0.2) is 18.2 Å². The molecule has 0 unspecified atom stereocenters. The fraction of sp³-hybridized carbons (Fsp3) is 0.462. The van der Waals surface area contributed by atoms with Crippen molar-refractivity contribution in [3.63, 3.8) is 0 Å². The molecular weight excluding hydrogens is 266 g/mol. The van der Waals surface area contributed by atoms with Crippen molar-refractivity contribution in [2.45, 2.75) is 31.7 Å². The second-order valence-corrected chi connectivity index (χ2v) is 5.07. The molecule has 1 aliphatic carbocycles. The minimum Gasteiger partial charge on any atom is -0.368 e. The fourth-order valence-electron chi connectivity index (χ4n) is 2.43. The Balaban J connectivity index is 2.21. The predicted octanol–water partition coefficient (Wildman–Crippen LogP) is 1.61. The van der Waals surface area contributed by atoms with Crippen molar-refractivity contribution in [1.82, 2.24) is 9.88 Å². The van der Waals surface area contributed by atoms with Crippen molar-refractivity contribution in [2.75, 3.05) is 6.54 Å². The van der Waals surface area contributed by atoms with Gasteiger partial charge in [-0.3, -0.25) is 9.59 Å². The molecule has 2 rings (SSSR count).